The Morgan fingerprint density at radius 3 is 2.61 bits per heavy atom. The van der Waals surface area contributed by atoms with E-state index in [9.17, 15) is 22.4 Å². The summed E-state index contributed by atoms with van der Waals surface area (Å²) in [6.45, 7) is 1.84. The van der Waals surface area contributed by atoms with Crippen LogP contribution in [-0.4, -0.2) is 34.2 Å². The van der Waals surface area contributed by atoms with Gasteiger partial charge in [0.15, 0.2) is 6.86 Å². The van der Waals surface area contributed by atoms with Gasteiger partial charge in [0.25, 0.3) is 12.2 Å². The second-order valence-corrected chi connectivity index (χ2v) is 12.1. The highest BCUT2D eigenvalue weighted by molar-refractivity contribution is 6.10. The number of halogens is 4. The predicted molar refractivity (Wildman–Crippen MR) is 143 cm³/mol. The van der Waals surface area contributed by atoms with Crippen LogP contribution in [0.15, 0.2) is 49.1 Å². The number of ether oxygens (including phenoxy) is 1. The number of hydrogen-bond donors (Lipinski definition) is 1. The largest absolute Gasteiger partial charge is 0.416 e. The first-order valence-corrected chi connectivity index (χ1v) is 13.9. The molecule has 3 aromatic rings. The lowest BCUT2D eigenvalue weighted by Gasteiger charge is -2.46. The van der Waals surface area contributed by atoms with Crippen molar-refractivity contribution < 1.29 is 31.7 Å². The molecule has 218 valence electrons. The predicted octanol–water partition coefficient (Wildman–Crippen LogP) is 4.96. The topological polar surface area (TPSA) is 63.3 Å². The molecule has 2 aromatic carbocycles. The molecule has 2 heterocycles. The third-order valence-corrected chi connectivity index (χ3v) is 9.05. The number of carbonyl (C=O) groups is 1. The van der Waals surface area contributed by atoms with Crippen LogP contribution < -0.4 is 14.8 Å². The maximum absolute atomic E-state index is 14.2. The first-order valence-electron chi connectivity index (χ1n) is 13.9. The van der Waals surface area contributed by atoms with Crippen molar-refractivity contribution in [3.05, 3.63) is 76.9 Å². The van der Waals surface area contributed by atoms with E-state index in [-0.39, 0.29) is 35.9 Å². The molecule has 41 heavy (non-hydrogen) atoms. The second-order valence-electron chi connectivity index (χ2n) is 12.1. The van der Waals surface area contributed by atoms with E-state index < -0.39 is 29.9 Å². The molecule has 1 aliphatic heterocycles. The molecule has 2 aliphatic carbocycles. The maximum atomic E-state index is 14.2. The summed E-state index contributed by atoms with van der Waals surface area (Å²) in [7, 11) is 1.87. The van der Waals surface area contributed by atoms with Gasteiger partial charge in [-0.25, -0.2) is 8.96 Å². The average Bonchev–Trinajstić information content (AvgIpc) is 3.46. The number of rotatable bonds is 9. The average molecular weight is 573 g/mol. The number of anilines is 1. The summed E-state index contributed by atoms with van der Waals surface area (Å²) >= 11 is 0. The molecule has 2 fully saturated rings. The number of carbonyl (C=O) groups excluding carboxylic acids is 1. The normalized spacial score (nSPS) is 23.3. The quantitative estimate of drug-likeness (QED) is 0.291. The molecule has 1 aromatic heterocycles. The standard InChI is InChI=1S/C30H34F4N5O2/c1-28(7-4-8-28)35-14-20-9-24-25(26(10-20)30(32,33)34)15-39(27(24)40)22-6-3-5-21(11-22)29(12-23(13-29)41-17-31)16-38-19-37(2)18-36-38/h3,5-6,9-11,18-19,23,35H,4,7-8,12-17H2,1-2H3/q+1. The summed E-state index contributed by atoms with van der Waals surface area (Å²) in [6.07, 6.45) is 2.90. The van der Waals surface area contributed by atoms with Crippen LogP contribution in [0.5, 0.6) is 0 Å². The van der Waals surface area contributed by atoms with E-state index in [4.69, 9.17) is 4.74 Å². The number of aryl methyl sites for hydroxylation is 1. The number of alkyl halides is 4. The van der Waals surface area contributed by atoms with Gasteiger partial charge in [0, 0.05) is 33.8 Å². The van der Waals surface area contributed by atoms with Gasteiger partial charge in [0.2, 0.25) is 6.33 Å². The van der Waals surface area contributed by atoms with Gasteiger partial charge in [0.05, 0.1) is 25.3 Å². The van der Waals surface area contributed by atoms with Crippen LogP contribution in [0.4, 0.5) is 23.2 Å². The Labute approximate surface area is 236 Å². The Morgan fingerprint density at radius 1 is 1.20 bits per heavy atom. The zero-order valence-corrected chi connectivity index (χ0v) is 23.2. The van der Waals surface area contributed by atoms with Crippen molar-refractivity contribution in [3.8, 4) is 0 Å². The summed E-state index contributed by atoms with van der Waals surface area (Å²) < 4.78 is 64.4. The summed E-state index contributed by atoms with van der Waals surface area (Å²) in [6, 6.07) is 10.2. The SMILES string of the molecule is C[n+]1cnn(CC2(c3cccc(N4Cc5c(cc(CNC6(C)CCC6)cc5C(F)(F)F)C4=O)c3)CC(OCF)C2)c1. The molecule has 0 spiro atoms. The molecule has 1 N–H and O–H groups in total. The van der Waals surface area contributed by atoms with Gasteiger partial charge in [-0.15, -0.1) is 4.68 Å². The lowest BCUT2D eigenvalue weighted by molar-refractivity contribution is -0.672. The van der Waals surface area contributed by atoms with E-state index >= 15 is 0 Å². The number of amides is 1. The Hall–Kier alpha value is -3.31. The van der Waals surface area contributed by atoms with Gasteiger partial charge in [-0.2, -0.15) is 13.2 Å². The highest BCUT2D eigenvalue weighted by Gasteiger charge is 2.49. The molecule has 0 radical (unpaired) electrons. The molecule has 2 saturated carbocycles. The zero-order valence-electron chi connectivity index (χ0n) is 23.2. The third-order valence-electron chi connectivity index (χ3n) is 9.05. The summed E-state index contributed by atoms with van der Waals surface area (Å²) in [5.74, 6) is -0.445. The van der Waals surface area contributed by atoms with Crippen LogP contribution in [0.25, 0.3) is 0 Å². The lowest BCUT2D eigenvalue weighted by Crippen LogP contribution is -2.49. The fraction of sp³-hybridized carbons (Fsp3) is 0.500. The van der Waals surface area contributed by atoms with Gasteiger partial charge < -0.3 is 15.0 Å². The molecule has 0 bridgehead atoms. The van der Waals surface area contributed by atoms with Gasteiger partial charge in [0.1, 0.15) is 6.54 Å². The van der Waals surface area contributed by atoms with Crippen LogP contribution in [-0.2, 0) is 43.0 Å². The van der Waals surface area contributed by atoms with Crippen molar-refractivity contribution in [1.82, 2.24) is 15.1 Å². The van der Waals surface area contributed by atoms with Crippen molar-refractivity contribution in [1.29, 1.82) is 0 Å². The molecule has 0 atom stereocenters. The minimum absolute atomic E-state index is 0.00492. The number of nitrogens with one attached hydrogen (secondary N) is 1. The molecule has 11 heteroatoms. The number of benzene rings is 2. The van der Waals surface area contributed by atoms with Gasteiger partial charge >= 0.3 is 6.18 Å². The third kappa shape index (κ3) is 5.25. The van der Waals surface area contributed by atoms with E-state index in [1.165, 1.54) is 11.0 Å². The summed E-state index contributed by atoms with van der Waals surface area (Å²) in [5, 5.41) is 7.76. The molecular weight excluding hydrogens is 538 g/mol. The fourth-order valence-corrected chi connectivity index (χ4v) is 6.52. The van der Waals surface area contributed by atoms with Crippen molar-refractivity contribution >= 4 is 11.6 Å². The van der Waals surface area contributed by atoms with Crippen LogP contribution in [0.2, 0.25) is 0 Å². The van der Waals surface area contributed by atoms with Crippen molar-refractivity contribution in [3.63, 3.8) is 0 Å². The van der Waals surface area contributed by atoms with Gasteiger partial charge in [-0.05, 0) is 80.0 Å². The minimum atomic E-state index is -4.58. The molecule has 1 amide bonds. The highest BCUT2D eigenvalue weighted by Crippen LogP contribution is 2.48. The van der Waals surface area contributed by atoms with E-state index in [1.54, 1.807) is 18.5 Å². The van der Waals surface area contributed by atoms with Gasteiger partial charge in [-0.1, -0.05) is 12.1 Å². The lowest BCUT2D eigenvalue weighted by atomic mass is 9.62. The molecule has 7 nitrogen and oxygen atoms in total. The smallest absolute Gasteiger partial charge is 0.347 e. The van der Waals surface area contributed by atoms with Crippen molar-refractivity contribution in [2.45, 2.75) is 81.9 Å². The highest BCUT2D eigenvalue weighted by atomic mass is 19.4. The Morgan fingerprint density at radius 2 is 1.98 bits per heavy atom. The monoisotopic (exact) mass is 572 g/mol. The van der Waals surface area contributed by atoms with Crippen LogP contribution >= 0.6 is 0 Å². The minimum Gasteiger partial charge on any atom is -0.347 e. The zero-order chi connectivity index (χ0) is 29.0. The molecule has 0 unspecified atom stereocenters. The van der Waals surface area contributed by atoms with Crippen molar-refractivity contribution in [2.75, 3.05) is 11.8 Å². The Kier molecular flexibility index (Phi) is 6.93. The van der Waals surface area contributed by atoms with E-state index in [2.05, 4.69) is 17.3 Å². The Bertz CT molecular complexity index is 1460. The first-order chi connectivity index (χ1) is 19.5. The second kappa shape index (κ2) is 10.2. The molecule has 0 saturated heterocycles. The van der Waals surface area contributed by atoms with Crippen LogP contribution in [0.1, 0.15) is 71.6 Å². The van der Waals surface area contributed by atoms with E-state index in [1.807, 2.05) is 40.8 Å². The first kappa shape index (κ1) is 27.8. The number of hydrogen-bond acceptors (Lipinski definition) is 4. The number of nitrogens with zero attached hydrogens (tertiary/aromatic N) is 4. The molecule has 6 rings (SSSR count). The van der Waals surface area contributed by atoms with E-state index in [0.717, 1.165) is 24.8 Å². The maximum Gasteiger partial charge on any atom is 0.416 e. The fourth-order valence-electron chi connectivity index (χ4n) is 6.52. The number of aromatic nitrogens is 3. The Balaban J connectivity index is 1.30. The summed E-state index contributed by atoms with van der Waals surface area (Å²) in [5.41, 5.74) is 0.734. The molecular formula is C30H34F4N5O2+. The van der Waals surface area contributed by atoms with Gasteiger partial charge in [-0.3, -0.25) is 4.79 Å². The summed E-state index contributed by atoms with van der Waals surface area (Å²) in [4.78, 5) is 15.1. The van der Waals surface area contributed by atoms with Crippen molar-refractivity contribution in [2.24, 2.45) is 7.05 Å². The van der Waals surface area contributed by atoms with Crippen LogP contribution in [0, 0.1) is 0 Å². The number of fused-ring (bicyclic) bond motifs is 1. The molecule has 3 aliphatic rings. The van der Waals surface area contributed by atoms with E-state index in [0.29, 0.717) is 30.6 Å². The van der Waals surface area contributed by atoms with Crippen LogP contribution in [0.3, 0.4) is 0 Å².